The van der Waals surface area contributed by atoms with Crippen molar-refractivity contribution < 1.29 is 4.79 Å². The average molecular weight is 374 g/mol. The monoisotopic (exact) mass is 374 g/mol. The molecular weight excluding hydrogens is 356 g/mol. The predicted octanol–water partition coefficient (Wildman–Crippen LogP) is 1.24. The standard InChI is InChI=1S/C20H18N6O2/c1-12-3-4-16-24-18-15(20(28)25(16)10-12)9-14(19(27)22-2)17(21)26(18)11-13-5-7-23-8-6-13/h3-10,21H,11H2,1-2H3,(H,22,27). The maximum absolute atomic E-state index is 13.1. The minimum atomic E-state index is -0.427. The van der Waals surface area contributed by atoms with Gasteiger partial charge in [0.2, 0.25) is 0 Å². The van der Waals surface area contributed by atoms with Crippen LogP contribution in [0.5, 0.6) is 0 Å². The van der Waals surface area contributed by atoms with E-state index in [4.69, 9.17) is 5.41 Å². The van der Waals surface area contributed by atoms with Gasteiger partial charge in [-0.2, -0.15) is 0 Å². The molecule has 0 saturated carbocycles. The molecule has 4 rings (SSSR count). The Morgan fingerprint density at radius 3 is 2.68 bits per heavy atom. The molecule has 0 radical (unpaired) electrons. The van der Waals surface area contributed by atoms with E-state index < -0.39 is 5.91 Å². The number of hydrogen-bond acceptors (Lipinski definition) is 5. The summed E-state index contributed by atoms with van der Waals surface area (Å²) in [4.78, 5) is 34.1. The molecule has 0 aliphatic rings. The van der Waals surface area contributed by atoms with E-state index in [9.17, 15) is 9.59 Å². The largest absolute Gasteiger partial charge is 0.355 e. The lowest BCUT2D eigenvalue weighted by Crippen LogP contribution is -2.34. The van der Waals surface area contributed by atoms with Crippen LogP contribution in [-0.4, -0.2) is 31.9 Å². The first-order chi connectivity index (χ1) is 13.5. The van der Waals surface area contributed by atoms with Crippen LogP contribution in [0, 0.1) is 12.3 Å². The summed E-state index contributed by atoms with van der Waals surface area (Å²) >= 11 is 0. The number of carbonyl (C=O) groups excluding carboxylic acids is 1. The van der Waals surface area contributed by atoms with E-state index >= 15 is 0 Å². The molecule has 0 unspecified atom stereocenters. The van der Waals surface area contributed by atoms with Gasteiger partial charge in [0.15, 0.2) is 0 Å². The molecule has 1 amide bonds. The van der Waals surface area contributed by atoms with Crippen LogP contribution in [0.25, 0.3) is 16.7 Å². The normalized spacial score (nSPS) is 11.1. The number of nitrogens with one attached hydrogen (secondary N) is 2. The Labute approximate surface area is 159 Å². The Morgan fingerprint density at radius 2 is 1.96 bits per heavy atom. The van der Waals surface area contributed by atoms with Crippen molar-refractivity contribution in [2.75, 3.05) is 7.05 Å². The van der Waals surface area contributed by atoms with Crippen molar-refractivity contribution >= 4 is 22.6 Å². The van der Waals surface area contributed by atoms with Crippen LogP contribution >= 0.6 is 0 Å². The van der Waals surface area contributed by atoms with Gasteiger partial charge in [-0.05, 0) is 42.3 Å². The number of carbonyl (C=O) groups is 1. The van der Waals surface area contributed by atoms with Gasteiger partial charge in [-0.1, -0.05) is 6.07 Å². The summed E-state index contributed by atoms with van der Waals surface area (Å²) < 4.78 is 3.04. The number of aromatic nitrogens is 4. The zero-order valence-corrected chi connectivity index (χ0v) is 15.4. The summed E-state index contributed by atoms with van der Waals surface area (Å²) in [5.41, 5.74) is 2.49. The zero-order valence-electron chi connectivity index (χ0n) is 15.4. The van der Waals surface area contributed by atoms with Crippen LogP contribution in [0.1, 0.15) is 21.5 Å². The molecule has 0 spiro atoms. The SMILES string of the molecule is CNC(=O)c1cc2c(=O)n3cc(C)ccc3nc2n(Cc2ccncc2)c1=N. The van der Waals surface area contributed by atoms with Gasteiger partial charge in [-0.25, -0.2) is 4.98 Å². The van der Waals surface area contributed by atoms with Crippen molar-refractivity contribution in [1.29, 1.82) is 5.41 Å². The second-order valence-electron chi connectivity index (χ2n) is 6.52. The van der Waals surface area contributed by atoms with Gasteiger partial charge < -0.3 is 9.88 Å². The molecule has 0 aliphatic heterocycles. The summed E-state index contributed by atoms with van der Waals surface area (Å²) in [5.74, 6) is -0.427. The van der Waals surface area contributed by atoms with E-state index in [0.29, 0.717) is 11.3 Å². The Kier molecular flexibility index (Phi) is 4.23. The fraction of sp³-hybridized carbons (Fsp3) is 0.150. The van der Waals surface area contributed by atoms with Crippen molar-refractivity contribution in [1.82, 2.24) is 24.3 Å². The third kappa shape index (κ3) is 2.84. The number of aryl methyl sites for hydroxylation is 1. The van der Waals surface area contributed by atoms with Crippen molar-refractivity contribution in [3.8, 4) is 0 Å². The molecule has 140 valence electrons. The molecule has 8 heteroatoms. The highest BCUT2D eigenvalue weighted by Crippen LogP contribution is 2.13. The fourth-order valence-electron chi connectivity index (χ4n) is 3.18. The molecule has 4 heterocycles. The van der Waals surface area contributed by atoms with Crippen LogP contribution in [0.3, 0.4) is 0 Å². The Balaban J connectivity index is 2.12. The van der Waals surface area contributed by atoms with E-state index in [-0.39, 0.29) is 28.5 Å². The molecule has 0 atom stereocenters. The second kappa shape index (κ2) is 6.73. The number of rotatable bonds is 3. The van der Waals surface area contributed by atoms with Gasteiger partial charge in [0, 0.05) is 25.6 Å². The summed E-state index contributed by atoms with van der Waals surface area (Å²) in [7, 11) is 1.49. The van der Waals surface area contributed by atoms with Gasteiger partial charge in [0.25, 0.3) is 11.5 Å². The number of hydrogen-bond donors (Lipinski definition) is 2. The Hall–Kier alpha value is -3.81. The van der Waals surface area contributed by atoms with Gasteiger partial charge in [0.05, 0.1) is 17.5 Å². The third-order valence-corrected chi connectivity index (χ3v) is 4.62. The highest BCUT2D eigenvalue weighted by Gasteiger charge is 2.17. The lowest BCUT2D eigenvalue weighted by atomic mass is 10.1. The molecular formula is C20H18N6O2. The van der Waals surface area contributed by atoms with Crippen LogP contribution in [0.2, 0.25) is 0 Å². The molecule has 0 saturated heterocycles. The van der Waals surface area contributed by atoms with Gasteiger partial charge in [-0.3, -0.25) is 24.4 Å². The second-order valence-corrected chi connectivity index (χ2v) is 6.52. The molecule has 4 aromatic rings. The first kappa shape index (κ1) is 17.6. The van der Waals surface area contributed by atoms with E-state index in [1.807, 2.05) is 25.1 Å². The van der Waals surface area contributed by atoms with Crippen LogP contribution in [0.4, 0.5) is 0 Å². The van der Waals surface area contributed by atoms with Crippen molar-refractivity contribution in [3.63, 3.8) is 0 Å². The van der Waals surface area contributed by atoms with Crippen molar-refractivity contribution in [3.05, 3.63) is 81.5 Å². The lowest BCUT2D eigenvalue weighted by Gasteiger charge is -2.14. The Bertz CT molecular complexity index is 1340. The Morgan fingerprint density at radius 1 is 1.21 bits per heavy atom. The number of fused-ring (bicyclic) bond motifs is 2. The van der Waals surface area contributed by atoms with E-state index in [1.165, 1.54) is 17.5 Å². The molecule has 0 aromatic carbocycles. The van der Waals surface area contributed by atoms with Crippen LogP contribution < -0.4 is 16.4 Å². The maximum atomic E-state index is 13.1. The zero-order chi connectivity index (χ0) is 19.8. The topological polar surface area (TPSA) is 105 Å². The summed E-state index contributed by atoms with van der Waals surface area (Å²) in [6.07, 6.45) is 5.03. The van der Waals surface area contributed by atoms with Gasteiger partial charge in [-0.15, -0.1) is 0 Å². The number of nitrogens with zero attached hydrogens (tertiary/aromatic N) is 4. The van der Waals surface area contributed by atoms with Crippen molar-refractivity contribution in [2.24, 2.45) is 0 Å². The predicted molar refractivity (Wildman–Crippen MR) is 104 cm³/mol. The van der Waals surface area contributed by atoms with E-state index in [2.05, 4.69) is 15.3 Å². The highest BCUT2D eigenvalue weighted by atomic mass is 16.1. The first-order valence-electron chi connectivity index (χ1n) is 8.71. The third-order valence-electron chi connectivity index (χ3n) is 4.62. The van der Waals surface area contributed by atoms with E-state index in [1.54, 1.807) is 29.2 Å². The van der Waals surface area contributed by atoms with Crippen LogP contribution in [-0.2, 0) is 6.54 Å². The molecule has 2 N–H and O–H groups in total. The quantitative estimate of drug-likeness (QED) is 0.526. The molecule has 0 bridgehead atoms. The van der Waals surface area contributed by atoms with Crippen molar-refractivity contribution in [2.45, 2.75) is 13.5 Å². The summed E-state index contributed by atoms with van der Waals surface area (Å²) in [6.45, 7) is 2.18. The molecule has 0 aliphatic carbocycles. The lowest BCUT2D eigenvalue weighted by molar-refractivity contribution is 0.0960. The number of pyridine rings is 3. The molecule has 0 fully saturated rings. The molecule has 8 nitrogen and oxygen atoms in total. The maximum Gasteiger partial charge on any atom is 0.267 e. The van der Waals surface area contributed by atoms with Gasteiger partial charge in [0.1, 0.15) is 16.8 Å². The summed E-state index contributed by atoms with van der Waals surface area (Å²) in [5, 5.41) is 11.4. The summed E-state index contributed by atoms with van der Waals surface area (Å²) in [6, 6.07) is 8.73. The average Bonchev–Trinajstić information content (AvgIpc) is 2.71. The highest BCUT2D eigenvalue weighted by molar-refractivity contribution is 5.96. The minimum Gasteiger partial charge on any atom is -0.355 e. The minimum absolute atomic E-state index is 0.00739. The van der Waals surface area contributed by atoms with E-state index in [0.717, 1.165) is 11.1 Å². The first-order valence-corrected chi connectivity index (χ1v) is 8.71. The molecule has 4 aromatic heterocycles. The van der Waals surface area contributed by atoms with Gasteiger partial charge >= 0.3 is 0 Å². The fourth-order valence-corrected chi connectivity index (χ4v) is 3.18. The molecule has 28 heavy (non-hydrogen) atoms. The smallest absolute Gasteiger partial charge is 0.267 e. The number of amides is 1. The van der Waals surface area contributed by atoms with Crippen LogP contribution in [0.15, 0.2) is 53.7 Å².